The molecule has 0 saturated carbocycles. The molecule has 20 heteroatoms. The summed E-state index contributed by atoms with van der Waals surface area (Å²) >= 11 is 10.8. The van der Waals surface area contributed by atoms with Crippen LogP contribution in [0.1, 0.15) is 27.7 Å². The Morgan fingerprint density at radius 1 is 0.382 bits per heavy atom. The molecule has 0 radical (unpaired) electrons. The fraction of sp³-hybridized carbons (Fsp3) is 1.00. The fourth-order valence-corrected chi connectivity index (χ4v) is 4.60. The van der Waals surface area contributed by atoms with Gasteiger partial charge in [0, 0.05) is 5.41 Å². The molecule has 34 heavy (non-hydrogen) atoms. The topological polar surface area (TPSA) is 0 Å². The average Bonchev–Trinajstić information content (AvgIpc) is 2.58. The van der Waals surface area contributed by atoms with Crippen molar-refractivity contribution in [2.24, 2.45) is 5.41 Å². The molecule has 0 aromatic heterocycles. The van der Waals surface area contributed by atoms with Crippen molar-refractivity contribution in [3.8, 4) is 0 Å². The van der Waals surface area contributed by atoms with E-state index in [2.05, 4.69) is 0 Å². The Labute approximate surface area is 190 Å². The third-order valence-corrected chi connectivity index (χ3v) is 10.7. The maximum atomic E-state index is 14.6. The van der Waals surface area contributed by atoms with E-state index < -0.39 is 65.5 Å². The number of hydrogen-bond donors (Lipinski definition) is 0. The standard InChI is InChI=1S/C14H13Cl2F17Si/c1-5(2,6(3,4)34(15)16)7(17,18)8(19,20)9(21,22)10(23,24)11(25,26)12(27,28)13(29,30)14(31,32)33/h34H,1-4H3. The van der Waals surface area contributed by atoms with Gasteiger partial charge in [0.15, 0.2) is 0 Å². The third kappa shape index (κ3) is 3.95. The first-order valence-electron chi connectivity index (χ1n) is 8.19. The molecule has 0 aliphatic carbocycles. The molecule has 0 saturated heterocycles. The molecule has 0 N–H and O–H groups in total. The van der Waals surface area contributed by atoms with Crippen LogP contribution in [0.15, 0.2) is 0 Å². The summed E-state index contributed by atoms with van der Waals surface area (Å²) in [4.78, 5) is 0. The molecule has 0 aromatic rings. The summed E-state index contributed by atoms with van der Waals surface area (Å²) in [6.07, 6.45) is -7.79. The summed E-state index contributed by atoms with van der Waals surface area (Å²) in [5.74, 6) is -56.7. The highest BCUT2D eigenvalue weighted by Gasteiger charge is 2.96. The van der Waals surface area contributed by atoms with Gasteiger partial charge in [0.1, 0.15) is 0 Å². The van der Waals surface area contributed by atoms with E-state index in [4.69, 9.17) is 22.2 Å². The molecule has 0 unspecified atom stereocenters. The quantitative estimate of drug-likeness (QED) is 0.141. The minimum absolute atomic E-state index is 0.00948. The van der Waals surface area contributed by atoms with Gasteiger partial charge in [-0.1, -0.05) is 27.7 Å². The van der Waals surface area contributed by atoms with E-state index in [0.29, 0.717) is 13.8 Å². The van der Waals surface area contributed by atoms with Crippen molar-refractivity contribution in [3.63, 3.8) is 0 Å². The molecule has 0 aliphatic rings. The second kappa shape index (κ2) is 8.31. The molecule has 206 valence electrons. The molecule has 0 bridgehead atoms. The van der Waals surface area contributed by atoms with E-state index in [1.165, 1.54) is 0 Å². The highest BCUT2D eigenvalue weighted by molar-refractivity contribution is 7.35. The van der Waals surface area contributed by atoms with Crippen molar-refractivity contribution in [1.82, 2.24) is 0 Å². The lowest BCUT2D eigenvalue weighted by atomic mass is 9.70. The Hall–Kier alpha value is -0.393. The average molecular weight is 603 g/mol. The van der Waals surface area contributed by atoms with Crippen LogP contribution in [0.3, 0.4) is 0 Å². The van der Waals surface area contributed by atoms with Gasteiger partial charge in [-0.25, -0.2) is 0 Å². The Balaban J connectivity index is 7.08. The minimum Gasteiger partial charge on any atom is -0.199 e. The first-order valence-corrected chi connectivity index (χ1v) is 12.3. The molecule has 0 rings (SSSR count). The molecule has 0 spiro atoms. The van der Waals surface area contributed by atoms with Crippen molar-refractivity contribution in [2.45, 2.75) is 80.4 Å². The Morgan fingerprint density at radius 2 is 0.588 bits per heavy atom. The predicted molar refractivity (Wildman–Crippen MR) is 87.4 cm³/mol. The zero-order chi connectivity index (χ0) is 28.6. The lowest BCUT2D eigenvalue weighted by Gasteiger charge is -2.51. The maximum Gasteiger partial charge on any atom is 0.460 e. The van der Waals surface area contributed by atoms with Crippen LogP contribution in [-0.4, -0.2) is 55.1 Å². The van der Waals surface area contributed by atoms with Gasteiger partial charge in [0.05, 0.1) is 0 Å². The lowest BCUT2D eigenvalue weighted by molar-refractivity contribution is -0.465. The van der Waals surface area contributed by atoms with Crippen LogP contribution < -0.4 is 0 Å². The Morgan fingerprint density at radius 3 is 0.794 bits per heavy atom. The highest BCUT2D eigenvalue weighted by Crippen LogP contribution is 2.68. The van der Waals surface area contributed by atoms with Gasteiger partial charge in [0.25, 0.3) is 0 Å². The molecule has 0 atom stereocenters. The van der Waals surface area contributed by atoms with Crippen molar-refractivity contribution in [2.75, 3.05) is 0 Å². The monoisotopic (exact) mass is 602 g/mol. The van der Waals surface area contributed by atoms with E-state index in [1.54, 1.807) is 0 Å². The predicted octanol–water partition coefficient (Wildman–Crippen LogP) is 8.50. The third-order valence-electron chi connectivity index (χ3n) is 5.66. The number of rotatable bonds is 9. The van der Waals surface area contributed by atoms with Crippen molar-refractivity contribution in [3.05, 3.63) is 0 Å². The molecular weight excluding hydrogens is 590 g/mol. The Bertz CT molecular complexity index is 754. The summed E-state index contributed by atoms with van der Waals surface area (Å²) in [5, 5.41) is -2.52. The molecule has 0 aromatic carbocycles. The van der Waals surface area contributed by atoms with E-state index in [1.807, 2.05) is 0 Å². The number of alkyl halides is 17. The minimum atomic E-state index is -8.65. The molecule has 0 heterocycles. The summed E-state index contributed by atoms with van der Waals surface area (Å²) in [5.41, 5.74) is -3.71. The molecular formula is C14H13Cl2F17Si. The smallest absolute Gasteiger partial charge is 0.199 e. The molecule has 0 amide bonds. The van der Waals surface area contributed by atoms with Gasteiger partial charge in [-0.2, -0.15) is 74.6 Å². The summed E-state index contributed by atoms with van der Waals surface area (Å²) in [6, 6.07) is 0. The number of hydrogen-bond acceptors (Lipinski definition) is 0. The zero-order valence-electron chi connectivity index (χ0n) is 16.8. The maximum absolute atomic E-state index is 14.6. The summed E-state index contributed by atoms with van der Waals surface area (Å²) < 4.78 is 228. The van der Waals surface area contributed by atoms with E-state index >= 15 is 0 Å². The molecule has 0 nitrogen and oxygen atoms in total. The van der Waals surface area contributed by atoms with Gasteiger partial charge in [-0.3, -0.25) is 0 Å². The van der Waals surface area contributed by atoms with Crippen LogP contribution in [0, 0.1) is 5.41 Å². The van der Waals surface area contributed by atoms with Crippen LogP contribution in [0.5, 0.6) is 0 Å². The van der Waals surface area contributed by atoms with Gasteiger partial charge >= 0.3 is 47.6 Å². The van der Waals surface area contributed by atoms with Crippen LogP contribution in [0.2, 0.25) is 5.04 Å². The molecule has 0 aliphatic heterocycles. The number of halogens is 19. The van der Waals surface area contributed by atoms with Gasteiger partial charge in [-0.15, -0.1) is 22.2 Å². The lowest BCUT2D eigenvalue weighted by Crippen LogP contribution is -2.75. The van der Waals surface area contributed by atoms with Crippen LogP contribution >= 0.6 is 22.2 Å². The van der Waals surface area contributed by atoms with Gasteiger partial charge in [0.2, 0.25) is 7.42 Å². The van der Waals surface area contributed by atoms with Crippen LogP contribution in [0.25, 0.3) is 0 Å². The van der Waals surface area contributed by atoms with E-state index in [0.717, 1.165) is 0 Å². The van der Waals surface area contributed by atoms with Crippen LogP contribution in [-0.2, 0) is 0 Å². The summed E-state index contributed by atoms with van der Waals surface area (Å²) in [6.45, 7) is 1.09. The summed E-state index contributed by atoms with van der Waals surface area (Å²) in [7, 11) is -3.67. The normalized spacial score (nSPS) is 16.9. The first-order chi connectivity index (χ1) is 14.2. The second-order valence-corrected chi connectivity index (χ2v) is 13.5. The van der Waals surface area contributed by atoms with Gasteiger partial charge in [-0.05, 0) is 5.04 Å². The highest BCUT2D eigenvalue weighted by atomic mass is 35.7. The first kappa shape index (κ1) is 33.6. The second-order valence-electron chi connectivity index (χ2n) is 8.17. The van der Waals surface area contributed by atoms with E-state index in [-0.39, 0.29) is 13.8 Å². The van der Waals surface area contributed by atoms with Crippen molar-refractivity contribution in [1.29, 1.82) is 0 Å². The van der Waals surface area contributed by atoms with Crippen molar-refractivity contribution < 1.29 is 74.6 Å². The molecule has 0 fully saturated rings. The van der Waals surface area contributed by atoms with Crippen molar-refractivity contribution >= 4 is 29.6 Å². The SMILES string of the molecule is CC(C)([SiH](Cl)Cl)C(C)(C)C(F)(F)C(F)(F)C(F)(F)C(F)(F)C(F)(F)C(F)(F)C(F)(F)C(F)(F)F. The Kier molecular flexibility index (Phi) is 8.21. The fourth-order valence-electron chi connectivity index (χ4n) is 2.23. The largest absolute Gasteiger partial charge is 0.460 e. The van der Waals surface area contributed by atoms with Gasteiger partial charge < -0.3 is 0 Å². The zero-order valence-corrected chi connectivity index (χ0v) is 19.4. The van der Waals surface area contributed by atoms with Crippen LogP contribution in [0.4, 0.5) is 74.6 Å². The van der Waals surface area contributed by atoms with E-state index in [9.17, 15) is 74.6 Å².